The van der Waals surface area contributed by atoms with Gasteiger partial charge in [0.05, 0.1) is 6.04 Å². The van der Waals surface area contributed by atoms with Crippen molar-refractivity contribution in [2.75, 3.05) is 25.1 Å². The number of amides is 1. The Bertz CT molecular complexity index is 473. The van der Waals surface area contributed by atoms with Gasteiger partial charge in [-0.05, 0) is 16.5 Å². The number of carbonyl (C=O) groups is 1. The molecule has 2 rings (SSSR count). The lowest BCUT2D eigenvalue weighted by atomic mass is 9.87. The summed E-state index contributed by atoms with van der Waals surface area (Å²) in [5.41, 5.74) is 2.68. The van der Waals surface area contributed by atoms with E-state index in [1.165, 1.54) is 11.1 Å². The van der Waals surface area contributed by atoms with Gasteiger partial charge in [-0.2, -0.15) is 11.8 Å². The van der Waals surface area contributed by atoms with Gasteiger partial charge >= 0.3 is 0 Å². The fourth-order valence-corrected chi connectivity index (χ4v) is 3.38. The zero-order chi connectivity index (χ0) is 15.5. The van der Waals surface area contributed by atoms with Crippen LogP contribution < -0.4 is 5.32 Å². The van der Waals surface area contributed by atoms with E-state index in [0.29, 0.717) is 6.54 Å². The third-order valence-electron chi connectivity index (χ3n) is 3.84. The number of thioether (sulfide) groups is 1. The van der Waals surface area contributed by atoms with Crippen LogP contribution in [-0.2, 0) is 16.8 Å². The van der Waals surface area contributed by atoms with Gasteiger partial charge in [0.25, 0.3) is 0 Å². The molecular formula is C17H26N2OS. The smallest absolute Gasteiger partial charge is 0.240 e. The SMILES string of the molecule is CN(Cc1ccc(C(C)(C)C)cc1)C(=O)C1CSCCN1. The van der Waals surface area contributed by atoms with Gasteiger partial charge in [-0.15, -0.1) is 0 Å². The molecule has 1 amide bonds. The molecule has 1 N–H and O–H groups in total. The Morgan fingerprint density at radius 3 is 2.52 bits per heavy atom. The van der Waals surface area contributed by atoms with E-state index in [9.17, 15) is 4.79 Å². The summed E-state index contributed by atoms with van der Waals surface area (Å²) in [6, 6.07) is 8.58. The fourth-order valence-electron chi connectivity index (χ4n) is 2.45. The number of rotatable bonds is 3. The molecule has 0 bridgehead atoms. The molecule has 116 valence electrons. The second-order valence-corrected chi connectivity index (χ2v) is 7.87. The van der Waals surface area contributed by atoms with Gasteiger partial charge < -0.3 is 10.2 Å². The van der Waals surface area contributed by atoms with E-state index < -0.39 is 0 Å². The van der Waals surface area contributed by atoms with Crippen molar-refractivity contribution < 1.29 is 4.79 Å². The van der Waals surface area contributed by atoms with Gasteiger partial charge in [-0.1, -0.05) is 45.0 Å². The van der Waals surface area contributed by atoms with Crippen molar-refractivity contribution >= 4 is 17.7 Å². The predicted molar refractivity (Wildman–Crippen MR) is 90.7 cm³/mol. The summed E-state index contributed by atoms with van der Waals surface area (Å²) in [5.74, 6) is 2.18. The summed E-state index contributed by atoms with van der Waals surface area (Å²) in [7, 11) is 1.89. The molecule has 1 unspecified atom stereocenters. The molecule has 0 spiro atoms. The number of benzene rings is 1. The Morgan fingerprint density at radius 1 is 1.33 bits per heavy atom. The van der Waals surface area contributed by atoms with E-state index in [2.05, 4.69) is 50.4 Å². The molecule has 1 aromatic carbocycles. The molecule has 1 aliphatic rings. The Morgan fingerprint density at radius 2 is 2.00 bits per heavy atom. The molecule has 0 saturated carbocycles. The third-order valence-corrected chi connectivity index (χ3v) is 4.90. The van der Waals surface area contributed by atoms with Crippen LogP contribution in [0.2, 0.25) is 0 Å². The zero-order valence-electron chi connectivity index (χ0n) is 13.5. The average molecular weight is 306 g/mol. The van der Waals surface area contributed by atoms with Gasteiger partial charge in [0.1, 0.15) is 0 Å². The highest BCUT2D eigenvalue weighted by molar-refractivity contribution is 7.99. The molecule has 21 heavy (non-hydrogen) atoms. The second kappa shape index (κ2) is 6.84. The minimum atomic E-state index is -0.0254. The predicted octanol–water partition coefficient (Wildman–Crippen LogP) is 2.65. The van der Waals surface area contributed by atoms with E-state index in [1.807, 2.05) is 23.7 Å². The maximum atomic E-state index is 12.4. The molecule has 1 aromatic rings. The zero-order valence-corrected chi connectivity index (χ0v) is 14.3. The first kappa shape index (κ1) is 16.4. The lowest BCUT2D eigenvalue weighted by Crippen LogP contribution is -2.49. The summed E-state index contributed by atoms with van der Waals surface area (Å²) in [5, 5.41) is 3.30. The second-order valence-electron chi connectivity index (χ2n) is 6.72. The van der Waals surface area contributed by atoms with E-state index in [1.54, 1.807) is 0 Å². The molecule has 1 saturated heterocycles. The normalized spacial score (nSPS) is 19.3. The largest absolute Gasteiger partial charge is 0.340 e. The van der Waals surface area contributed by atoms with Crippen LogP contribution in [0, 0.1) is 0 Å². The van der Waals surface area contributed by atoms with Crippen molar-refractivity contribution in [3.63, 3.8) is 0 Å². The van der Waals surface area contributed by atoms with Gasteiger partial charge in [-0.3, -0.25) is 4.79 Å². The van der Waals surface area contributed by atoms with Crippen molar-refractivity contribution in [1.29, 1.82) is 0 Å². The molecule has 1 aliphatic heterocycles. The molecular weight excluding hydrogens is 280 g/mol. The van der Waals surface area contributed by atoms with E-state index in [0.717, 1.165) is 18.1 Å². The van der Waals surface area contributed by atoms with E-state index >= 15 is 0 Å². The van der Waals surface area contributed by atoms with E-state index in [-0.39, 0.29) is 17.4 Å². The highest BCUT2D eigenvalue weighted by Gasteiger charge is 2.24. The summed E-state index contributed by atoms with van der Waals surface area (Å²) in [4.78, 5) is 14.2. The van der Waals surface area contributed by atoms with Crippen LogP contribution in [0.25, 0.3) is 0 Å². The molecule has 3 nitrogen and oxygen atoms in total. The maximum Gasteiger partial charge on any atom is 0.240 e. The highest BCUT2D eigenvalue weighted by atomic mass is 32.2. The van der Waals surface area contributed by atoms with Gasteiger partial charge in [0.15, 0.2) is 0 Å². The minimum Gasteiger partial charge on any atom is -0.340 e. The van der Waals surface area contributed by atoms with Crippen molar-refractivity contribution in [3.05, 3.63) is 35.4 Å². The van der Waals surface area contributed by atoms with Crippen LogP contribution in [0.1, 0.15) is 31.9 Å². The Balaban J connectivity index is 1.95. The van der Waals surface area contributed by atoms with E-state index in [4.69, 9.17) is 0 Å². The number of nitrogens with zero attached hydrogens (tertiary/aromatic N) is 1. The lowest BCUT2D eigenvalue weighted by molar-refractivity contribution is -0.132. The number of hydrogen-bond acceptors (Lipinski definition) is 3. The Labute approximate surface area is 132 Å². The van der Waals surface area contributed by atoms with Crippen LogP contribution in [0.4, 0.5) is 0 Å². The monoisotopic (exact) mass is 306 g/mol. The molecule has 4 heteroatoms. The van der Waals surface area contributed by atoms with Gasteiger partial charge in [0, 0.05) is 31.6 Å². The molecule has 1 heterocycles. The summed E-state index contributed by atoms with van der Waals surface area (Å²) >= 11 is 1.85. The van der Waals surface area contributed by atoms with Crippen molar-refractivity contribution in [3.8, 4) is 0 Å². The lowest BCUT2D eigenvalue weighted by Gasteiger charge is -2.27. The van der Waals surface area contributed by atoms with Crippen molar-refractivity contribution in [2.24, 2.45) is 0 Å². The summed E-state index contributed by atoms with van der Waals surface area (Å²) in [6.07, 6.45) is 0. The number of hydrogen-bond donors (Lipinski definition) is 1. The van der Waals surface area contributed by atoms with Crippen LogP contribution in [-0.4, -0.2) is 41.9 Å². The van der Waals surface area contributed by atoms with Crippen LogP contribution in [0.5, 0.6) is 0 Å². The molecule has 1 atom stereocenters. The fraction of sp³-hybridized carbons (Fsp3) is 0.588. The van der Waals surface area contributed by atoms with Gasteiger partial charge in [-0.25, -0.2) is 0 Å². The quantitative estimate of drug-likeness (QED) is 0.932. The summed E-state index contributed by atoms with van der Waals surface area (Å²) < 4.78 is 0. The number of carbonyl (C=O) groups excluding carboxylic acids is 1. The van der Waals surface area contributed by atoms with Crippen LogP contribution in [0.3, 0.4) is 0 Å². The number of likely N-dealkylation sites (N-methyl/N-ethyl adjacent to an activating group) is 1. The maximum absolute atomic E-state index is 12.4. The topological polar surface area (TPSA) is 32.3 Å². The Kier molecular flexibility index (Phi) is 5.33. The molecule has 0 radical (unpaired) electrons. The average Bonchev–Trinajstić information content (AvgIpc) is 2.47. The third kappa shape index (κ3) is 4.48. The standard InChI is InChI=1S/C17H26N2OS/c1-17(2,3)14-7-5-13(6-8-14)11-19(4)16(20)15-12-21-10-9-18-15/h5-8,15,18H,9-12H2,1-4H3. The minimum absolute atomic E-state index is 0.0254. The van der Waals surface area contributed by atoms with Crippen molar-refractivity contribution in [2.45, 2.75) is 38.8 Å². The molecule has 0 aliphatic carbocycles. The van der Waals surface area contributed by atoms with Crippen LogP contribution in [0.15, 0.2) is 24.3 Å². The number of nitrogens with one attached hydrogen (secondary N) is 1. The Hall–Kier alpha value is -1.00. The van der Waals surface area contributed by atoms with Crippen molar-refractivity contribution in [1.82, 2.24) is 10.2 Å². The first-order chi connectivity index (χ1) is 9.88. The first-order valence-corrected chi connectivity index (χ1v) is 8.69. The summed E-state index contributed by atoms with van der Waals surface area (Å²) in [6.45, 7) is 8.24. The first-order valence-electron chi connectivity index (χ1n) is 7.53. The molecule has 0 aromatic heterocycles. The van der Waals surface area contributed by atoms with Crippen LogP contribution >= 0.6 is 11.8 Å². The van der Waals surface area contributed by atoms with Gasteiger partial charge in [0.2, 0.25) is 5.91 Å². The highest BCUT2D eigenvalue weighted by Crippen LogP contribution is 2.22. The molecule has 1 fully saturated rings.